The standard InChI is InChI=1S/C14H18N2O2/c1-10-4-5-14(13(8-10)11(2)15-3)17-9-12-6-7-16-18-12/h4-8,11,15H,9H2,1-3H3. The SMILES string of the molecule is CNC(C)c1cc(C)ccc1OCc1ccno1. The van der Waals surface area contributed by atoms with Crippen LogP contribution in [0.5, 0.6) is 5.75 Å². The molecule has 0 amide bonds. The number of nitrogens with zero attached hydrogens (tertiary/aromatic N) is 1. The van der Waals surface area contributed by atoms with E-state index in [1.807, 2.05) is 19.2 Å². The number of nitrogens with one attached hydrogen (secondary N) is 1. The van der Waals surface area contributed by atoms with Gasteiger partial charge in [-0.2, -0.15) is 0 Å². The van der Waals surface area contributed by atoms with Crippen molar-refractivity contribution in [3.05, 3.63) is 47.3 Å². The lowest BCUT2D eigenvalue weighted by atomic mass is 10.0. The van der Waals surface area contributed by atoms with Crippen LogP contribution in [0.2, 0.25) is 0 Å². The molecule has 1 atom stereocenters. The maximum Gasteiger partial charge on any atom is 0.174 e. The first-order chi connectivity index (χ1) is 8.70. The zero-order valence-electron chi connectivity index (χ0n) is 10.9. The Morgan fingerprint density at radius 1 is 1.39 bits per heavy atom. The lowest BCUT2D eigenvalue weighted by molar-refractivity contribution is 0.246. The molecule has 0 aliphatic carbocycles. The summed E-state index contributed by atoms with van der Waals surface area (Å²) in [5.74, 6) is 1.59. The third kappa shape index (κ3) is 2.90. The van der Waals surface area contributed by atoms with E-state index in [1.165, 1.54) is 5.56 Å². The maximum absolute atomic E-state index is 5.79. The molecule has 0 bridgehead atoms. The summed E-state index contributed by atoms with van der Waals surface area (Å²) in [6.45, 7) is 4.58. The van der Waals surface area contributed by atoms with Gasteiger partial charge in [0.1, 0.15) is 12.4 Å². The van der Waals surface area contributed by atoms with Crippen LogP contribution in [0.1, 0.15) is 29.9 Å². The Morgan fingerprint density at radius 3 is 2.89 bits per heavy atom. The van der Waals surface area contributed by atoms with Crippen LogP contribution in [0.3, 0.4) is 0 Å². The molecule has 0 aliphatic heterocycles. The zero-order valence-corrected chi connectivity index (χ0v) is 10.9. The molecule has 2 rings (SSSR count). The minimum Gasteiger partial charge on any atom is -0.485 e. The summed E-state index contributed by atoms with van der Waals surface area (Å²) >= 11 is 0. The van der Waals surface area contributed by atoms with Gasteiger partial charge in [0.05, 0.1) is 6.20 Å². The molecular formula is C14H18N2O2. The molecule has 1 aromatic carbocycles. The summed E-state index contributed by atoms with van der Waals surface area (Å²) < 4.78 is 10.8. The van der Waals surface area contributed by atoms with Crippen molar-refractivity contribution in [2.75, 3.05) is 7.05 Å². The van der Waals surface area contributed by atoms with Gasteiger partial charge >= 0.3 is 0 Å². The fraction of sp³-hybridized carbons (Fsp3) is 0.357. The second kappa shape index (κ2) is 5.69. The highest BCUT2D eigenvalue weighted by molar-refractivity contribution is 5.39. The summed E-state index contributed by atoms with van der Waals surface area (Å²) in [6.07, 6.45) is 1.62. The van der Waals surface area contributed by atoms with E-state index in [4.69, 9.17) is 9.26 Å². The summed E-state index contributed by atoms with van der Waals surface area (Å²) in [7, 11) is 1.94. The Morgan fingerprint density at radius 2 is 2.22 bits per heavy atom. The maximum atomic E-state index is 5.79. The third-order valence-corrected chi connectivity index (χ3v) is 2.93. The monoisotopic (exact) mass is 246 g/mol. The molecule has 0 saturated carbocycles. The Kier molecular flexibility index (Phi) is 3.99. The lowest BCUT2D eigenvalue weighted by Crippen LogP contribution is -2.14. The summed E-state index contributed by atoms with van der Waals surface area (Å²) in [6, 6.07) is 8.22. The van der Waals surface area contributed by atoms with E-state index < -0.39 is 0 Å². The molecule has 0 spiro atoms. The van der Waals surface area contributed by atoms with Crippen LogP contribution in [0.25, 0.3) is 0 Å². The van der Waals surface area contributed by atoms with E-state index in [0.717, 1.165) is 17.1 Å². The zero-order chi connectivity index (χ0) is 13.0. The van der Waals surface area contributed by atoms with Gasteiger partial charge in [-0.25, -0.2) is 0 Å². The number of rotatable bonds is 5. The molecule has 1 N–H and O–H groups in total. The van der Waals surface area contributed by atoms with E-state index in [1.54, 1.807) is 12.3 Å². The summed E-state index contributed by atoms with van der Waals surface area (Å²) in [4.78, 5) is 0. The molecule has 2 aromatic rings. The van der Waals surface area contributed by atoms with E-state index in [9.17, 15) is 0 Å². The van der Waals surface area contributed by atoms with E-state index in [2.05, 4.69) is 30.4 Å². The van der Waals surface area contributed by atoms with E-state index in [-0.39, 0.29) is 6.04 Å². The first-order valence-corrected chi connectivity index (χ1v) is 6.01. The predicted octanol–water partition coefficient (Wildman–Crippen LogP) is 2.84. The van der Waals surface area contributed by atoms with Crippen LogP contribution in [-0.2, 0) is 6.61 Å². The average molecular weight is 246 g/mol. The smallest absolute Gasteiger partial charge is 0.174 e. The minimum absolute atomic E-state index is 0.245. The van der Waals surface area contributed by atoms with Crippen molar-refractivity contribution in [1.29, 1.82) is 0 Å². The average Bonchev–Trinajstić information content (AvgIpc) is 2.89. The number of benzene rings is 1. The van der Waals surface area contributed by atoms with Gasteiger partial charge in [-0.15, -0.1) is 0 Å². The van der Waals surface area contributed by atoms with Crippen molar-refractivity contribution < 1.29 is 9.26 Å². The van der Waals surface area contributed by atoms with Gasteiger partial charge in [0.2, 0.25) is 0 Å². The molecule has 18 heavy (non-hydrogen) atoms. The number of aryl methyl sites for hydroxylation is 1. The van der Waals surface area contributed by atoms with Crippen molar-refractivity contribution in [2.24, 2.45) is 0 Å². The molecule has 4 heteroatoms. The van der Waals surface area contributed by atoms with Crippen LogP contribution < -0.4 is 10.1 Å². The van der Waals surface area contributed by atoms with Crippen molar-refractivity contribution >= 4 is 0 Å². The molecule has 1 unspecified atom stereocenters. The normalized spacial score (nSPS) is 12.4. The lowest BCUT2D eigenvalue weighted by Gasteiger charge is -2.16. The molecule has 96 valence electrons. The second-order valence-corrected chi connectivity index (χ2v) is 4.32. The Balaban J connectivity index is 2.16. The van der Waals surface area contributed by atoms with Gasteiger partial charge in [-0.1, -0.05) is 22.9 Å². The number of aromatic nitrogens is 1. The van der Waals surface area contributed by atoms with Crippen LogP contribution >= 0.6 is 0 Å². The van der Waals surface area contributed by atoms with Crippen LogP contribution in [0.15, 0.2) is 35.0 Å². The Hall–Kier alpha value is -1.81. The first-order valence-electron chi connectivity index (χ1n) is 6.01. The summed E-state index contributed by atoms with van der Waals surface area (Å²) in [5.41, 5.74) is 2.37. The molecule has 0 aliphatic rings. The van der Waals surface area contributed by atoms with Crippen molar-refractivity contribution in [3.63, 3.8) is 0 Å². The highest BCUT2D eigenvalue weighted by atomic mass is 16.5. The van der Waals surface area contributed by atoms with E-state index >= 15 is 0 Å². The molecule has 4 nitrogen and oxygen atoms in total. The number of hydrogen-bond donors (Lipinski definition) is 1. The van der Waals surface area contributed by atoms with Gasteiger partial charge in [-0.05, 0) is 27.0 Å². The van der Waals surface area contributed by atoms with Crippen molar-refractivity contribution in [1.82, 2.24) is 10.5 Å². The van der Waals surface area contributed by atoms with Gasteiger partial charge in [0, 0.05) is 17.7 Å². The van der Waals surface area contributed by atoms with Crippen molar-refractivity contribution in [3.8, 4) is 5.75 Å². The number of hydrogen-bond acceptors (Lipinski definition) is 4. The molecule has 0 saturated heterocycles. The third-order valence-electron chi connectivity index (χ3n) is 2.93. The fourth-order valence-corrected chi connectivity index (χ4v) is 1.76. The van der Waals surface area contributed by atoms with E-state index in [0.29, 0.717) is 6.61 Å². The van der Waals surface area contributed by atoms with Crippen molar-refractivity contribution in [2.45, 2.75) is 26.5 Å². The molecule has 1 aromatic heterocycles. The fourth-order valence-electron chi connectivity index (χ4n) is 1.76. The number of ether oxygens (including phenoxy) is 1. The van der Waals surface area contributed by atoms with Crippen LogP contribution in [-0.4, -0.2) is 12.2 Å². The highest BCUT2D eigenvalue weighted by Crippen LogP contribution is 2.26. The van der Waals surface area contributed by atoms with Gasteiger partial charge < -0.3 is 14.6 Å². The van der Waals surface area contributed by atoms with Crippen LogP contribution in [0.4, 0.5) is 0 Å². The first kappa shape index (κ1) is 12.6. The van der Waals surface area contributed by atoms with Crippen LogP contribution in [0, 0.1) is 6.92 Å². The largest absolute Gasteiger partial charge is 0.485 e. The minimum atomic E-state index is 0.245. The Bertz CT molecular complexity index is 495. The van der Waals surface area contributed by atoms with Gasteiger partial charge in [0.25, 0.3) is 0 Å². The molecule has 0 radical (unpaired) electrons. The molecule has 0 fully saturated rings. The van der Waals surface area contributed by atoms with Gasteiger partial charge in [0.15, 0.2) is 5.76 Å². The summed E-state index contributed by atoms with van der Waals surface area (Å²) in [5, 5.41) is 6.88. The topological polar surface area (TPSA) is 47.3 Å². The highest BCUT2D eigenvalue weighted by Gasteiger charge is 2.11. The van der Waals surface area contributed by atoms with Gasteiger partial charge in [-0.3, -0.25) is 0 Å². The Labute approximate surface area is 107 Å². The second-order valence-electron chi connectivity index (χ2n) is 4.32. The molecule has 1 heterocycles. The quantitative estimate of drug-likeness (QED) is 0.881. The molecular weight excluding hydrogens is 228 g/mol. The predicted molar refractivity (Wildman–Crippen MR) is 69.5 cm³/mol.